The van der Waals surface area contributed by atoms with Crippen molar-refractivity contribution in [2.75, 3.05) is 10.6 Å². The summed E-state index contributed by atoms with van der Waals surface area (Å²) in [5.41, 5.74) is 1.57. The first kappa shape index (κ1) is 23.6. The molecule has 2 N–H and O–H groups in total. The average molecular weight is 479 g/mol. The van der Waals surface area contributed by atoms with Gasteiger partial charge in [0, 0.05) is 18.4 Å². The molecule has 4 aromatic rings. The van der Waals surface area contributed by atoms with Gasteiger partial charge in [0.1, 0.15) is 23.1 Å². The Morgan fingerprint density at radius 1 is 0.800 bits per heavy atom. The number of pyridine rings is 1. The molecule has 3 aromatic carbocycles. The molecule has 9 heteroatoms. The minimum absolute atomic E-state index is 0.245. The van der Waals surface area contributed by atoms with Gasteiger partial charge in [0.2, 0.25) is 0 Å². The Balaban J connectivity index is 1.37. The van der Waals surface area contributed by atoms with E-state index >= 15 is 0 Å². The highest BCUT2D eigenvalue weighted by Crippen LogP contribution is 2.25. The van der Waals surface area contributed by atoms with E-state index in [1.165, 1.54) is 30.5 Å². The van der Waals surface area contributed by atoms with Crippen LogP contribution in [0, 0.1) is 0 Å². The molecule has 1 heterocycles. The van der Waals surface area contributed by atoms with Crippen LogP contribution in [-0.2, 0) is 6.54 Å². The first-order chi connectivity index (χ1) is 16.9. The number of benzene rings is 3. The molecule has 0 spiro atoms. The summed E-state index contributed by atoms with van der Waals surface area (Å²) >= 11 is 0. The van der Waals surface area contributed by atoms with Crippen molar-refractivity contribution in [3.05, 3.63) is 108 Å². The van der Waals surface area contributed by atoms with E-state index in [2.05, 4.69) is 20.4 Å². The van der Waals surface area contributed by atoms with Crippen molar-refractivity contribution in [2.24, 2.45) is 0 Å². The molecule has 1 amide bonds. The second-order valence-corrected chi connectivity index (χ2v) is 7.34. The summed E-state index contributed by atoms with van der Waals surface area (Å²) in [4.78, 5) is 17.1. The smallest absolute Gasteiger partial charge is 0.457 e. The predicted octanol–water partition coefficient (Wildman–Crippen LogP) is 6.64. The minimum Gasteiger partial charge on any atom is -0.457 e. The molecule has 0 aliphatic rings. The quantitative estimate of drug-likeness (QED) is 0.297. The molecule has 0 unspecified atom stereocenters. The van der Waals surface area contributed by atoms with E-state index in [0.29, 0.717) is 34.1 Å². The second-order valence-electron chi connectivity index (χ2n) is 7.34. The largest absolute Gasteiger partial charge is 0.573 e. The molecule has 6 nitrogen and oxygen atoms in total. The number of nitrogens with zero attached hydrogens (tertiary/aromatic N) is 1. The lowest BCUT2D eigenvalue weighted by Crippen LogP contribution is -2.17. The fourth-order valence-electron chi connectivity index (χ4n) is 3.15. The molecule has 0 radical (unpaired) electrons. The molecule has 0 saturated heterocycles. The van der Waals surface area contributed by atoms with E-state index in [1.807, 2.05) is 30.3 Å². The lowest BCUT2D eigenvalue weighted by Gasteiger charge is -2.12. The Kier molecular flexibility index (Phi) is 7.15. The van der Waals surface area contributed by atoms with Gasteiger partial charge < -0.3 is 20.1 Å². The Morgan fingerprint density at radius 3 is 2.14 bits per heavy atom. The standard InChI is InChI=1S/C26H20F3N3O3/c27-26(28,29)35-22-12-8-18(9-13-22)17-31-24-23(7-4-16-30-24)25(33)32-19-10-14-21(15-11-19)34-20-5-2-1-3-6-20/h1-16H,17H2,(H,30,31)(H,32,33). The molecule has 178 valence electrons. The fraction of sp³-hybridized carbons (Fsp3) is 0.0769. The Hall–Kier alpha value is -4.53. The summed E-state index contributed by atoms with van der Waals surface area (Å²) in [6, 6.07) is 25.0. The van der Waals surface area contributed by atoms with Gasteiger partial charge in [0.25, 0.3) is 5.91 Å². The highest BCUT2D eigenvalue weighted by atomic mass is 19.4. The van der Waals surface area contributed by atoms with Gasteiger partial charge in [0.15, 0.2) is 0 Å². The van der Waals surface area contributed by atoms with E-state index in [9.17, 15) is 18.0 Å². The van der Waals surface area contributed by atoms with Crippen LogP contribution in [0.2, 0.25) is 0 Å². The maximum absolute atomic E-state index is 12.9. The highest BCUT2D eigenvalue weighted by molar-refractivity contribution is 6.07. The average Bonchev–Trinajstić information content (AvgIpc) is 2.85. The first-order valence-corrected chi connectivity index (χ1v) is 10.5. The Bertz CT molecular complexity index is 1260. The number of ether oxygens (including phenoxy) is 2. The van der Waals surface area contributed by atoms with Crippen LogP contribution >= 0.6 is 0 Å². The van der Waals surface area contributed by atoms with Crippen molar-refractivity contribution in [2.45, 2.75) is 12.9 Å². The summed E-state index contributed by atoms with van der Waals surface area (Å²) in [5.74, 6) is 0.998. The molecule has 1 aromatic heterocycles. The summed E-state index contributed by atoms with van der Waals surface area (Å²) in [5, 5.41) is 5.86. The van der Waals surface area contributed by atoms with E-state index in [-0.39, 0.29) is 18.2 Å². The van der Waals surface area contributed by atoms with Crippen LogP contribution in [0.1, 0.15) is 15.9 Å². The molecule has 0 atom stereocenters. The van der Waals surface area contributed by atoms with Gasteiger partial charge in [-0.25, -0.2) is 4.98 Å². The van der Waals surface area contributed by atoms with Crippen molar-refractivity contribution >= 4 is 17.4 Å². The lowest BCUT2D eigenvalue weighted by molar-refractivity contribution is -0.274. The minimum atomic E-state index is -4.74. The monoisotopic (exact) mass is 479 g/mol. The number of aromatic nitrogens is 1. The summed E-state index contributed by atoms with van der Waals surface area (Å²) < 4.78 is 46.5. The van der Waals surface area contributed by atoms with Crippen LogP contribution in [0.25, 0.3) is 0 Å². The van der Waals surface area contributed by atoms with Crippen LogP contribution in [0.4, 0.5) is 24.7 Å². The Morgan fingerprint density at radius 2 is 1.46 bits per heavy atom. The van der Waals surface area contributed by atoms with Crippen LogP contribution in [0.5, 0.6) is 17.2 Å². The summed E-state index contributed by atoms with van der Waals surface area (Å²) in [7, 11) is 0. The second kappa shape index (κ2) is 10.6. The van der Waals surface area contributed by atoms with Gasteiger partial charge in [-0.3, -0.25) is 4.79 Å². The maximum Gasteiger partial charge on any atom is 0.573 e. The first-order valence-electron chi connectivity index (χ1n) is 10.5. The summed E-state index contributed by atoms with van der Waals surface area (Å²) in [6.45, 7) is 0.245. The fourth-order valence-corrected chi connectivity index (χ4v) is 3.15. The van der Waals surface area contributed by atoms with E-state index in [4.69, 9.17) is 4.74 Å². The van der Waals surface area contributed by atoms with Crippen molar-refractivity contribution in [3.63, 3.8) is 0 Å². The number of hydrogen-bond donors (Lipinski definition) is 2. The number of anilines is 2. The molecule has 0 aliphatic carbocycles. The number of halogens is 3. The normalized spacial score (nSPS) is 10.9. The van der Waals surface area contributed by atoms with E-state index in [0.717, 1.165) is 0 Å². The molecular weight excluding hydrogens is 459 g/mol. The molecule has 0 aliphatic heterocycles. The van der Waals surface area contributed by atoms with Crippen LogP contribution in [0.15, 0.2) is 97.2 Å². The highest BCUT2D eigenvalue weighted by Gasteiger charge is 2.30. The number of amides is 1. The number of carbonyl (C=O) groups is 1. The number of nitrogens with one attached hydrogen (secondary N) is 2. The van der Waals surface area contributed by atoms with Gasteiger partial charge in [-0.2, -0.15) is 0 Å². The van der Waals surface area contributed by atoms with Gasteiger partial charge >= 0.3 is 6.36 Å². The molecule has 4 rings (SSSR count). The van der Waals surface area contributed by atoms with Crippen molar-refractivity contribution in [1.29, 1.82) is 0 Å². The molecule has 35 heavy (non-hydrogen) atoms. The zero-order chi connectivity index (χ0) is 24.7. The molecular formula is C26H20F3N3O3. The predicted molar refractivity (Wildman–Crippen MR) is 126 cm³/mol. The van der Waals surface area contributed by atoms with Crippen LogP contribution < -0.4 is 20.1 Å². The van der Waals surface area contributed by atoms with Gasteiger partial charge in [-0.15, -0.1) is 13.2 Å². The summed E-state index contributed by atoms with van der Waals surface area (Å²) in [6.07, 6.45) is -3.21. The van der Waals surface area contributed by atoms with Gasteiger partial charge in [0.05, 0.1) is 5.56 Å². The molecule has 0 bridgehead atoms. The topological polar surface area (TPSA) is 72.5 Å². The zero-order valence-electron chi connectivity index (χ0n) is 18.3. The lowest BCUT2D eigenvalue weighted by atomic mass is 10.2. The molecule has 0 fully saturated rings. The number of alkyl halides is 3. The maximum atomic E-state index is 12.9. The number of para-hydroxylation sites is 1. The Labute approximate surface area is 199 Å². The van der Waals surface area contributed by atoms with Crippen molar-refractivity contribution < 1.29 is 27.4 Å². The molecule has 0 saturated carbocycles. The number of hydrogen-bond acceptors (Lipinski definition) is 5. The number of rotatable bonds is 8. The van der Waals surface area contributed by atoms with Crippen LogP contribution in [0.3, 0.4) is 0 Å². The van der Waals surface area contributed by atoms with Crippen molar-refractivity contribution in [1.82, 2.24) is 4.98 Å². The van der Waals surface area contributed by atoms with Crippen LogP contribution in [-0.4, -0.2) is 17.3 Å². The van der Waals surface area contributed by atoms with Crippen molar-refractivity contribution in [3.8, 4) is 17.2 Å². The van der Waals surface area contributed by atoms with E-state index in [1.54, 1.807) is 36.4 Å². The van der Waals surface area contributed by atoms with Gasteiger partial charge in [-0.1, -0.05) is 30.3 Å². The third-order valence-electron chi connectivity index (χ3n) is 4.76. The van der Waals surface area contributed by atoms with Gasteiger partial charge in [-0.05, 0) is 66.2 Å². The number of carbonyl (C=O) groups excluding carboxylic acids is 1. The zero-order valence-corrected chi connectivity index (χ0v) is 18.3. The third-order valence-corrected chi connectivity index (χ3v) is 4.76. The van der Waals surface area contributed by atoms with E-state index < -0.39 is 6.36 Å². The third kappa shape index (κ3) is 6.97. The SMILES string of the molecule is O=C(Nc1ccc(Oc2ccccc2)cc1)c1cccnc1NCc1ccc(OC(F)(F)F)cc1.